The summed E-state index contributed by atoms with van der Waals surface area (Å²) in [4.78, 5) is 19.0. The van der Waals surface area contributed by atoms with Crippen molar-refractivity contribution in [3.05, 3.63) is 60.1 Å². The van der Waals surface area contributed by atoms with Gasteiger partial charge in [-0.1, -0.05) is 37.3 Å². The summed E-state index contributed by atoms with van der Waals surface area (Å²) in [5, 5.41) is 10.1. The minimum atomic E-state index is 0. The van der Waals surface area contributed by atoms with Crippen molar-refractivity contribution in [1.82, 2.24) is 20.9 Å². The Balaban J connectivity index is 0.00000385. The molecule has 1 amide bonds. The van der Waals surface area contributed by atoms with Gasteiger partial charge < -0.3 is 20.4 Å². The van der Waals surface area contributed by atoms with Gasteiger partial charge in [0, 0.05) is 45.2 Å². The molecule has 0 atom stereocenters. The molecule has 0 unspecified atom stereocenters. The number of halogens is 1. The summed E-state index contributed by atoms with van der Waals surface area (Å²) < 4.78 is 5.42. The first kappa shape index (κ1) is 27.2. The highest BCUT2D eigenvalue weighted by molar-refractivity contribution is 14.0. The zero-order chi connectivity index (χ0) is 22.4. The molecule has 33 heavy (non-hydrogen) atoms. The molecule has 1 aliphatic heterocycles. The molecule has 0 aliphatic carbocycles. The highest BCUT2D eigenvalue weighted by Gasteiger charge is 2.21. The van der Waals surface area contributed by atoms with Gasteiger partial charge in [-0.05, 0) is 43.4 Å². The number of rotatable bonds is 11. The van der Waals surface area contributed by atoms with Gasteiger partial charge >= 0.3 is 0 Å². The third kappa shape index (κ3) is 10.6. The number of nitrogens with one attached hydrogen (secondary N) is 3. The molecule has 0 radical (unpaired) electrons. The van der Waals surface area contributed by atoms with Gasteiger partial charge in [0.05, 0.1) is 12.8 Å². The normalized spacial score (nSPS) is 15.0. The van der Waals surface area contributed by atoms with E-state index in [0.29, 0.717) is 19.1 Å². The zero-order valence-corrected chi connectivity index (χ0v) is 21.9. The molecular weight excluding hydrogens is 529 g/mol. The van der Waals surface area contributed by atoms with E-state index < -0.39 is 0 Å². The SMILES string of the molecule is CCCNC(=O)CN1CCC(NC(=NCCc2ccco2)NCCc2ccccc2)CC1.I. The number of carbonyl (C=O) groups is 1. The van der Waals surface area contributed by atoms with E-state index in [1.807, 2.05) is 18.2 Å². The molecule has 2 aromatic rings. The predicted molar refractivity (Wildman–Crippen MR) is 144 cm³/mol. The Kier molecular flexibility index (Phi) is 12.9. The van der Waals surface area contributed by atoms with Crippen molar-refractivity contribution in [1.29, 1.82) is 0 Å². The Morgan fingerprint density at radius 2 is 1.85 bits per heavy atom. The number of furan rings is 1. The highest BCUT2D eigenvalue weighted by Crippen LogP contribution is 2.10. The largest absolute Gasteiger partial charge is 0.469 e. The lowest BCUT2D eigenvalue weighted by atomic mass is 10.1. The third-order valence-electron chi connectivity index (χ3n) is 5.62. The van der Waals surface area contributed by atoms with Gasteiger partial charge in [0.1, 0.15) is 5.76 Å². The van der Waals surface area contributed by atoms with Gasteiger partial charge in [-0.2, -0.15) is 0 Å². The quantitative estimate of drug-likeness (QED) is 0.221. The predicted octanol–water partition coefficient (Wildman–Crippen LogP) is 3.21. The first-order chi connectivity index (χ1) is 15.7. The van der Waals surface area contributed by atoms with Crippen molar-refractivity contribution in [3.63, 3.8) is 0 Å². The Morgan fingerprint density at radius 1 is 1.06 bits per heavy atom. The maximum absolute atomic E-state index is 12.0. The maximum atomic E-state index is 12.0. The molecule has 0 bridgehead atoms. The summed E-state index contributed by atoms with van der Waals surface area (Å²) in [7, 11) is 0. The van der Waals surface area contributed by atoms with Crippen LogP contribution in [0.4, 0.5) is 0 Å². The van der Waals surface area contributed by atoms with Gasteiger partial charge in [0.15, 0.2) is 5.96 Å². The van der Waals surface area contributed by atoms with Crippen molar-refractivity contribution >= 4 is 35.8 Å². The Bertz CT molecular complexity index is 805. The molecule has 1 saturated heterocycles. The van der Waals surface area contributed by atoms with Crippen LogP contribution in [-0.2, 0) is 17.6 Å². The second-order valence-electron chi connectivity index (χ2n) is 8.27. The number of amides is 1. The van der Waals surface area contributed by atoms with Crippen LogP contribution in [-0.4, -0.2) is 62.1 Å². The molecule has 182 valence electrons. The van der Waals surface area contributed by atoms with E-state index in [1.54, 1.807) is 6.26 Å². The molecule has 1 aliphatic rings. The average molecular weight is 568 g/mol. The first-order valence-electron chi connectivity index (χ1n) is 11.8. The van der Waals surface area contributed by atoms with E-state index in [9.17, 15) is 4.79 Å². The van der Waals surface area contributed by atoms with Gasteiger partial charge in [-0.3, -0.25) is 14.7 Å². The van der Waals surface area contributed by atoms with Gasteiger partial charge in [-0.15, -0.1) is 24.0 Å². The van der Waals surface area contributed by atoms with Gasteiger partial charge in [0.2, 0.25) is 5.91 Å². The topological polar surface area (TPSA) is 81.9 Å². The van der Waals surface area contributed by atoms with Crippen molar-refractivity contribution in [2.24, 2.45) is 4.99 Å². The third-order valence-corrected chi connectivity index (χ3v) is 5.62. The van der Waals surface area contributed by atoms with E-state index in [1.165, 1.54) is 5.56 Å². The van der Waals surface area contributed by atoms with Crippen molar-refractivity contribution < 1.29 is 9.21 Å². The molecule has 1 fully saturated rings. The molecule has 2 heterocycles. The second kappa shape index (κ2) is 15.7. The van der Waals surface area contributed by atoms with Crippen molar-refractivity contribution in [2.75, 3.05) is 39.3 Å². The minimum Gasteiger partial charge on any atom is -0.469 e. The molecule has 3 rings (SSSR count). The summed E-state index contributed by atoms with van der Waals surface area (Å²) in [5.41, 5.74) is 1.31. The van der Waals surface area contributed by atoms with Crippen molar-refractivity contribution in [3.8, 4) is 0 Å². The summed E-state index contributed by atoms with van der Waals surface area (Å²) in [5.74, 6) is 1.93. The van der Waals surface area contributed by atoms with Crippen LogP contribution in [0.15, 0.2) is 58.1 Å². The fraction of sp³-hybridized carbons (Fsp3) is 0.520. The first-order valence-corrected chi connectivity index (χ1v) is 11.8. The van der Waals surface area contributed by atoms with Crippen LogP contribution < -0.4 is 16.0 Å². The number of hydrogen-bond donors (Lipinski definition) is 3. The molecular formula is C25H38IN5O2. The molecule has 8 heteroatoms. The van der Waals surface area contributed by atoms with Crippen LogP contribution in [0.25, 0.3) is 0 Å². The summed E-state index contributed by atoms with van der Waals surface area (Å²) in [6.07, 6.45) is 6.40. The number of likely N-dealkylation sites (tertiary alicyclic amines) is 1. The lowest BCUT2D eigenvalue weighted by molar-refractivity contribution is -0.122. The lowest BCUT2D eigenvalue weighted by Crippen LogP contribution is -2.50. The second-order valence-corrected chi connectivity index (χ2v) is 8.27. The fourth-order valence-electron chi connectivity index (χ4n) is 3.81. The zero-order valence-electron chi connectivity index (χ0n) is 19.6. The fourth-order valence-corrected chi connectivity index (χ4v) is 3.81. The summed E-state index contributed by atoms with van der Waals surface area (Å²) >= 11 is 0. The van der Waals surface area contributed by atoms with Crippen LogP contribution in [0.1, 0.15) is 37.5 Å². The van der Waals surface area contributed by atoms with E-state index in [4.69, 9.17) is 9.41 Å². The number of nitrogens with zero attached hydrogens (tertiary/aromatic N) is 2. The molecule has 0 saturated carbocycles. The number of guanidine groups is 1. The standard InChI is InChI=1S/C25H37N5O2.HI/c1-2-14-26-24(31)20-30-17-12-22(13-18-30)29-25(28-16-11-23-9-6-19-32-23)27-15-10-21-7-4-3-5-8-21;/h3-9,19,22H,2,10-18,20H2,1H3,(H,26,31)(H2,27,28,29);1H. The van der Waals surface area contributed by atoms with Crippen LogP contribution in [0, 0.1) is 0 Å². The smallest absolute Gasteiger partial charge is 0.234 e. The molecule has 1 aromatic carbocycles. The van der Waals surface area contributed by atoms with Gasteiger partial charge in [-0.25, -0.2) is 0 Å². The molecule has 0 spiro atoms. The molecule has 3 N–H and O–H groups in total. The molecule has 7 nitrogen and oxygen atoms in total. The number of benzene rings is 1. The number of aliphatic imine (C=N–C) groups is 1. The highest BCUT2D eigenvalue weighted by atomic mass is 127. The average Bonchev–Trinajstić information content (AvgIpc) is 3.33. The van der Waals surface area contributed by atoms with Gasteiger partial charge in [0.25, 0.3) is 0 Å². The number of piperidine rings is 1. The van der Waals surface area contributed by atoms with Crippen LogP contribution in [0.2, 0.25) is 0 Å². The van der Waals surface area contributed by atoms with E-state index in [2.05, 4.69) is 52.0 Å². The minimum absolute atomic E-state index is 0. The summed E-state index contributed by atoms with van der Waals surface area (Å²) in [6.45, 7) is 6.65. The van der Waals surface area contributed by atoms with E-state index >= 15 is 0 Å². The number of hydrogen-bond acceptors (Lipinski definition) is 4. The lowest BCUT2D eigenvalue weighted by Gasteiger charge is -2.32. The number of carbonyl (C=O) groups excluding carboxylic acids is 1. The maximum Gasteiger partial charge on any atom is 0.234 e. The Hall–Kier alpha value is -2.07. The monoisotopic (exact) mass is 567 g/mol. The Morgan fingerprint density at radius 3 is 2.55 bits per heavy atom. The van der Waals surface area contributed by atoms with Crippen LogP contribution in [0.5, 0.6) is 0 Å². The Labute approximate surface area is 214 Å². The summed E-state index contributed by atoms with van der Waals surface area (Å²) in [6, 6.07) is 14.7. The van der Waals surface area contributed by atoms with E-state index in [-0.39, 0.29) is 29.9 Å². The van der Waals surface area contributed by atoms with Crippen LogP contribution in [0.3, 0.4) is 0 Å². The molecule has 1 aromatic heterocycles. The van der Waals surface area contributed by atoms with Crippen LogP contribution >= 0.6 is 24.0 Å². The van der Waals surface area contributed by atoms with Crippen molar-refractivity contribution in [2.45, 2.75) is 45.1 Å². The van der Waals surface area contributed by atoms with E-state index in [0.717, 1.165) is 70.0 Å².